The van der Waals surface area contributed by atoms with E-state index in [1.165, 1.54) is 23.3 Å². The van der Waals surface area contributed by atoms with Crippen LogP contribution in [0.5, 0.6) is 23.0 Å². The highest BCUT2D eigenvalue weighted by Gasteiger charge is 2.13. The van der Waals surface area contributed by atoms with Crippen molar-refractivity contribution in [1.82, 2.24) is 0 Å². The Kier molecular flexibility index (Phi) is 12.3. The first kappa shape index (κ1) is 31.2. The number of methoxy groups -OCH3 is 4. The Balaban J connectivity index is 2.18. The summed E-state index contributed by atoms with van der Waals surface area (Å²) in [7, 11) is 6.37. The quantitative estimate of drug-likeness (QED) is 0.148. The van der Waals surface area contributed by atoms with Crippen LogP contribution in [-0.2, 0) is 22.4 Å². The molecule has 0 aliphatic heterocycles. The second kappa shape index (κ2) is 15.4. The molecule has 0 saturated carbocycles. The molecule has 0 fully saturated rings. The summed E-state index contributed by atoms with van der Waals surface area (Å²) in [6.45, 7) is 8.14. The Morgan fingerprint density at radius 3 is 1.31 bits per heavy atom. The van der Waals surface area contributed by atoms with E-state index in [1.807, 2.05) is 39.8 Å². The Morgan fingerprint density at radius 2 is 1.00 bits per heavy atom. The molecule has 6 nitrogen and oxygen atoms in total. The van der Waals surface area contributed by atoms with Crippen LogP contribution in [0.4, 0.5) is 0 Å². The van der Waals surface area contributed by atoms with Gasteiger partial charge in [-0.1, -0.05) is 35.5 Å². The van der Waals surface area contributed by atoms with Crippen LogP contribution in [0.15, 0.2) is 59.7 Å². The number of hydrogen-bond acceptors (Lipinski definition) is 6. The maximum Gasteiger partial charge on any atom is 0.164 e. The second-order valence-corrected chi connectivity index (χ2v) is 9.58. The molecule has 0 heterocycles. The van der Waals surface area contributed by atoms with Gasteiger partial charge in [-0.3, -0.25) is 9.59 Å². The molecule has 0 amide bonds. The molecule has 0 bridgehead atoms. The number of carbonyl (C=O) groups excluding carboxylic acids is 2. The molecule has 0 aromatic heterocycles. The molecule has 0 aliphatic carbocycles. The Bertz CT molecular complexity index is 1190. The molecule has 6 heteroatoms. The zero-order valence-electron chi connectivity index (χ0n) is 24.3. The van der Waals surface area contributed by atoms with Crippen LogP contribution in [0.3, 0.4) is 0 Å². The smallest absolute Gasteiger partial charge is 0.164 e. The summed E-state index contributed by atoms with van der Waals surface area (Å²) in [5, 5.41) is 0. The van der Waals surface area contributed by atoms with Crippen LogP contribution in [0.2, 0.25) is 0 Å². The number of rotatable bonds is 14. The van der Waals surface area contributed by atoms with E-state index in [0.29, 0.717) is 35.8 Å². The van der Waals surface area contributed by atoms with Gasteiger partial charge in [-0.2, -0.15) is 0 Å². The lowest BCUT2D eigenvalue weighted by Gasteiger charge is -2.13. The fraction of sp³-hybridized carbons (Fsp3) is 0.333. The van der Waals surface area contributed by atoms with Gasteiger partial charge in [0.25, 0.3) is 0 Å². The first-order valence-corrected chi connectivity index (χ1v) is 12.8. The number of benzene rings is 2. The third-order valence-electron chi connectivity index (χ3n) is 5.89. The zero-order chi connectivity index (χ0) is 28.9. The molecule has 2 aromatic rings. The van der Waals surface area contributed by atoms with E-state index in [-0.39, 0.29) is 18.0 Å². The number of carbonyl (C=O) groups is 2. The predicted molar refractivity (Wildman–Crippen MR) is 158 cm³/mol. The number of hydrogen-bond donors (Lipinski definition) is 0. The van der Waals surface area contributed by atoms with Crippen LogP contribution in [-0.4, -0.2) is 40.0 Å². The summed E-state index contributed by atoms with van der Waals surface area (Å²) in [6.07, 6.45) is 11.5. The van der Waals surface area contributed by atoms with Crippen molar-refractivity contribution in [2.75, 3.05) is 28.4 Å². The highest BCUT2D eigenvalue weighted by molar-refractivity contribution is 6.10. The predicted octanol–water partition coefficient (Wildman–Crippen LogP) is 6.99. The summed E-state index contributed by atoms with van der Waals surface area (Å²) in [6, 6.07) is 7.52. The Morgan fingerprint density at radius 1 is 0.615 bits per heavy atom. The SMILES string of the molecule is COc1cc(/C=C/C(=O)CC(=O)/C=C/c2cc(CC=C(C)C)c(OC)c(OC)c2)cc(CC=C(C)C)c1OC. The third kappa shape index (κ3) is 9.64. The van der Waals surface area contributed by atoms with Gasteiger partial charge in [-0.15, -0.1) is 0 Å². The zero-order valence-corrected chi connectivity index (χ0v) is 24.3. The van der Waals surface area contributed by atoms with Crippen LogP contribution < -0.4 is 18.9 Å². The van der Waals surface area contributed by atoms with Crippen molar-refractivity contribution in [3.05, 3.63) is 82.0 Å². The topological polar surface area (TPSA) is 71.1 Å². The average molecular weight is 533 g/mol. The number of ether oxygens (including phenoxy) is 4. The minimum atomic E-state index is -0.290. The number of allylic oxidation sites excluding steroid dienone is 6. The molecule has 0 spiro atoms. The van der Waals surface area contributed by atoms with Crippen molar-refractivity contribution in [3.8, 4) is 23.0 Å². The Hall–Kier alpha value is -4.06. The first-order valence-electron chi connectivity index (χ1n) is 12.8. The number of ketones is 2. The van der Waals surface area contributed by atoms with Crippen LogP contribution in [0.1, 0.15) is 56.4 Å². The fourth-order valence-corrected chi connectivity index (χ4v) is 3.93. The van der Waals surface area contributed by atoms with Crippen molar-refractivity contribution in [1.29, 1.82) is 0 Å². The van der Waals surface area contributed by atoms with Gasteiger partial charge >= 0.3 is 0 Å². The van der Waals surface area contributed by atoms with Crippen LogP contribution in [0, 0.1) is 0 Å². The van der Waals surface area contributed by atoms with Crippen molar-refractivity contribution >= 4 is 23.7 Å². The van der Waals surface area contributed by atoms with E-state index in [9.17, 15) is 9.59 Å². The monoisotopic (exact) mass is 532 g/mol. The highest BCUT2D eigenvalue weighted by Crippen LogP contribution is 2.35. The van der Waals surface area contributed by atoms with E-state index in [0.717, 1.165) is 22.3 Å². The molecule has 0 atom stereocenters. The van der Waals surface area contributed by atoms with E-state index >= 15 is 0 Å². The van der Waals surface area contributed by atoms with Crippen molar-refractivity contribution < 1.29 is 28.5 Å². The summed E-state index contributed by atoms with van der Waals surface area (Å²) in [5.41, 5.74) is 5.85. The van der Waals surface area contributed by atoms with Gasteiger partial charge in [0.1, 0.15) is 0 Å². The molecule has 2 aromatic carbocycles. The van der Waals surface area contributed by atoms with E-state index in [1.54, 1.807) is 52.7 Å². The molecule has 0 N–H and O–H groups in total. The van der Waals surface area contributed by atoms with Crippen molar-refractivity contribution in [3.63, 3.8) is 0 Å². The standard InChI is InChI=1S/C33H40O6/c1-22(2)9-13-26-17-24(19-30(36-5)32(26)38-7)11-15-28(34)21-29(35)16-12-25-18-27(14-10-23(3)4)33(39-8)31(20-25)37-6/h9-12,15-20H,13-14,21H2,1-8H3/b15-11+,16-12+. The minimum absolute atomic E-state index is 0.233. The average Bonchev–Trinajstić information content (AvgIpc) is 2.91. The molecular weight excluding hydrogens is 492 g/mol. The maximum absolute atomic E-state index is 12.6. The van der Waals surface area contributed by atoms with Crippen LogP contribution >= 0.6 is 0 Å². The highest BCUT2D eigenvalue weighted by atomic mass is 16.5. The summed E-state index contributed by atoms with van der Waals surface area (Å²) < 4.78 is 22.1. The molecule has 0 saturated heterocycles. The van der Waals surface area contributed by atoms with Gasteiger partial charge in [-0.05, 0) is 88.1 Å². The molecule has 0 aliphatic rings. The fourth-order valence-electron chi connectivity index (χ4n) is 3.93. The summed E-state index contributed by atoms with van der Waals surface area (Å²) in [4.78, 5) is 25.1. The third-order valence-corrected chi connectivity index (χ3v) is 5.89. The normalized spacial score (nSPS) is 10.9. The van der Waals surface area contributed by atoms with Gasteiger partial charge in [0.05, 0.1) is 34.9 Å². The molecule has 0 unspecified atom stereocenters. The van der Waals surface area contributed by atoms with Gasteiger partial charge in [0.15, 0.2) is 34.6 Å². The lowest BCUT2D eigenvalue weighted by atomic mass is 10.0. The van der Waals surface area contributed by atoms with Gasteiger partial charge < -0.3 is 18.9 Å². The summed E-state index contributed by atoms with van der Waals surface area (Å²) in [5.74, 6) is 1.92. The first-order chi connectivity index (χ1) is 18.6. The lowest BCUT2D eigenvalue weighted by molar-refractivity contribution is -0.121. The van der Waals surface area contributed by atoms with Crippen LogP contribution in [0.25, 0.3) is 12.2 Å². The molecule has 39 heavy (non-hydrogen) atoms. The van der Waals surface area contributed by atoms with Crippen molar-refractivity contribution in [2.24, 2.45) is 0 Å². The molecule has 0 radical (unpaired) electrons. The lowest BCUT2D eigenvalue weighted by Crippen LogP contribution is -2.02. The van der Waals surface area contributed by atoms with Gasteiger partial charge in [0, 0.05) is 11.1 Å². The second-order valence-electron chi connectivity index (χ2n) is 9.58. The Labute approximate surface area is 232 Å². The van der Waals surface area contributed by atoms with Crippen molar-refractivity contribution in [2.45, 2.75) is 47.0 Å². The van der Waals surface area contributed by atoms with Gasteiger partial charge in [-0.25, -0.2) is 0 Å². The van der Waals surface area contributed by atoms with E-state index in [2.05, 4.69) is 12.2 Å². The van der Waals surface area contributed by atoms with Gasteiger partial charge in [0.2, 0.25) is 0 Å². The largest absolute Gasteiger partial charge is 0.493 e. The van der Waals surface area contributed by atoms with E-state index in [4.69, 9.17) is 18.9 Å². The molecule has 2 rings (SSSR count). The molecular formula is C33H40O6. The summed E-state index contributed by atoms with van der Waals surface area (Å²) >= 11 is 0. The minimum Gasteiger partial charge on any atom is -0.493 e. The van der Waals surface area contributed by atoms with E-state index < -0.39 is 0 Å². The maximum atomic E-state index is 12.6. The molecule has 208 valence electrons.